The van der Waals surface area contributed by atoms with Crippen molar-refractivity contribution in [1.29, 1.82) is 0 Å². The number of hydrogen-bond donors (Lipinski definition) is 3. The fourth-order valence-electron chi connectivity index (χ4n) is 3.51. The lowest BCUT2D eigenvalue weighted by molar-refractivity contribution is -0.897. The zero-order valence-electron chi connectivity index (χ0n) is 19.3. The van der Waals surface area contributed by atoms with Gasteiger partial charge in [0.05, 0.1) is 0 Å². The maximum atomic E-state index is 12.7. The third kappa shape index (κ3) is 7.50. The first-order valence-electron chi connectivity index (χ1n) is 11.0. The average molecular weight is 459 g/mol. The highest BCUT2D eigenvalue weighted by Gasteiger charge is 2.19. The lowest BCUT2D eigenvalue weighted by atomic mass is 10.1. The highest BCUT2D eigenvalue weighted by molar-refractivity contribution is 5.97. The average Bonchev–Trinajstić information content (AvgIpc) is 2.80. The van der Waals surface area contributed by atoms with Crippen LogP contribution in [-0.2, 0) is 16.1 Å². The van der Waals surface area contributed by atoms with Crippen molar-refractivity contribution in [3.63, 3.8) is 0 Å². The summed E-state index contributed by atoms with van der Waals surface area (Å²) in [5, 5.41) is 5.66. The monoisotopic (exact) mass is 458 g/mol. The summed E-state index contributed by atoms with van der Waals surface area (Å²) in [5.41, 5.74) is 3.33. The molecule has 0 aromatic heterocycles. The van der Waals surface area contributed by atoms with Gasteiger partial charge in [-0.25, -0.2) is 0 Å². The fraction of sp³-hybridized carbons (Fsp3) is 0.185. The highest BCUT2D eigenvalue weighted by atomic mass is 16.2. The number of carbonyl (C=O) groups is 4. The Morgan fingerprint density at radius 1 is 0.618 bits per heavy atom. The van der Waals surface area contributed by atoms with Crippen molar-refractivity contribution in [3.05, 3.63) is 95.6 Å². The van der Waals surface area contributed by atoms with Gasteiger partial charge in [-0.05, 0) is 62.4 Å². The predicted molar refractivity (Wildman–Crippen MR) is 131 cm³/mol. The molecular formula is C27H28N3O4+. The summed E-state index contributed by atoms with van der Waals surface area (Å²) in [7, 11) is 0. The van der Waals surface area contributed by atoms with E-state index in [-0.39, 0.29) is 36.5 Å². The Bertz CT molecular complexity index is 1080. The smallest absolute Gasteiger partial charge is 0.279 e. The quantitative estimate of drug-likeness (QED) is 0.407. The normalized spacial score (nSPS) is 10.6. The number of rotatable bonds is 10. The van der Waals surface area contributed by atoms with Crippen LogP contribution in [0.3, 0.4) is 0 Å². The fourth-order valence-corrected chi connectivity index (χ4v) is 3.51. The number of anilines is 2. The van der Waals surface area contributed by atoms with Crippen molar-refractivity contribution >= 4 is 34.8 Å². The van der Waals surface area contributed by atoms with Gasteiger partial charge in [0.15, 0.2) is 24.7 Å². The van der Waals surface area contributed by atoms with Crippen LogP contribution in [0.15, 0.2) is 78.9 Å². The van der Waals surface area contributed by atoms with E-state index in [2.05, 4.69) is 10.6 Å². The van der Waals surface area contributed by atoms with Gasteiger partial charge in [0.25, 0.3) is 11.8 Å². The van der Waals surface area contributed by atoms with E-state index in [9.17, 15) is 19.2 Å². The van der Waals surface area contributed by atoms with E-state index in [1.807, 2.05) is 30.3 Å². The Morgan fingerprint density at radius 2 is 1.03 bits per heavy atom. The molecular weight excluding hydrogens is 430 g/mol. The molecule has 0 aliphatic carbocycles. The second-order valence-electron chi connectivity index (χ2n) is 8.13. The van der Waals surface area contributed by atoms with Crippen LogP contribution in [0.5, 0.6) is 0 Å². The second-order valence-corrected chi connectivity index (χ2v) is 8.13. The van der Waals surface area contributed by atoms with Crippen LogP contribution in [0.1, 0.15) is 40.1 Å². The Labute approximate surface area is 198 Å². The van der Waals surface area contributed by atoms with Crippen molar-refractivity contribution in [2.24, 2.45) is 0 Å². The summed E-state index contributed by atoms with van der Waals surface area (Å²) in [6.07, 6.45) is 0. The highest BCUT2D eigenvalue weighted by Crippen LogP contribution is 2.10. The molecule has 0 saturated heterocycles. The van der Waals surface area contributed by atoms with E-state index < -0.39 is 0 Å². The van der Waals surface area contributed by atoms with Crippen LogP contribution in [0.2, 0.25) is 0 Å². The van der Waals surface area contributed by atoms with Gasteiger partial charge in [-0.15, -0.1) is 0 Å². The SMILES string of the molecule is CC(=O)c1ccc(NC(=O)C[NH+](CC(=O)Nc2ccc(C(C)=O)cc2)Cc2ccccc2)cc1. The van der Waals surface area contributed by atoms with E-state index in [1.54, 1.807) is 48.5 Å². The van der Waals surface area contributed by atoms with Crippen molar-refractivity contribution in [2.75, 3.05) is 23.7 Å². The lowest BCUT2D eigenvalue weighted by Gasteiger charge is -2.19. The standard InChI is InChI=1S/C27H27N3O4/c1-19(31)22-8-12-24(13-9-22)28-26(33)17-30(16-21-6-4-3-5-7-21)18-27(34)29-25-14-10-23(11-15-25)20(2)32/h3-15H,16-18H2,1-2H3,(H,28,33)(H,29,34)/p+1. The largest absolute Gasteiger partial charge is 0.321 e. The molecule has 0 unspecified atom stereocenters. The number of hydrogen-bond acceptors (Lipinski definition) is 4. The number of amides is 2. The van der Waals surface area contributed by atoms with Crippen LogP contribution >= 0.6 is 0 Å². The third-order valence-corrected chi connectivity index (χ3v) is 5.27. The molecule has 0 radical (unpaired) electrons. The second kappa shape index (κ2) is 11.7. The predicted octanol–water partition coefficient (Wildman–Crippen LogP) is 2.75. The minimum atomic E-state index is -0.236. The molecule has 2 amide bonds. The lowest BCUT2D eigenvalue weighted by Crippen LogP contribution is -3.12. The van der Waals surface area contributed by atoms with E-state index >= 15 is 0 Å². The molecule has 3 aromatic rings. The molecule has 0 bridgehead atoms. The zero-order chi connectivity index (χ0) is 24.5. The number of quaternary nitrogens is 1. The van der Waals surface area contributed by atoms with Crippen LogP contribution in [0, 0.1) is 0 Å². The van der Waals surface area contributed by atoms with Crippen LogP contribution in [0.4, 0.5) is 11.4 Å². The molecule has 174 valence electrons. The number of Topliss-reactive ketones (excluding diaryl/α,β-unsaturated/α-hetero) is 2. The first kappa shape index (κ1) is 24.5. The Hall–Kier alpha value is -4.10. The maximum absolute atomic E-state index is 12.7. The number of ketones is 2. The maximum Gasteiger partial charge on any atom is 0.279 e. The molecule has 0 saturated carbocycles. The van der Waals surface area contributed by atoms with Crippen LogP contribution in [0.25, 0.3) is 0 Å². The number of nitrogens with one attached hydrogen (secondary N) is 3. The summed E-state index contributed by atoms with van der Waals surface area (Å²) in [5.74, 6) is -0.558. The van der Waals surface area contributed by atoms with Gasteiger partial charge in [-0.2, -0.15) is 0 Å². The Kier molecular flexibility index (Phi) is 8.43. The van der Waals surface area contributed by atoms with Crippen LogP contribution < -0.4 is 15.5 Å². The molecule has 0 aliphatic rings. The van der Waals surface area contributed by atoms with Gasteiger partial charge in [0, 0.05) is 28.1 Å². The third-order valence-electron chi connectivity index (χ3n) is 5.27. The molecule has 0 heterocycles. The first-order chi connectivity index (χ1) is 16.3. The molecule has 34 heavy (non-hydrogen) atoms. The van der Waals surface area contributed by atoms with E-state index in [0.717, 1.165) is 10.5 Å². The Morgan fingerprint density at radius 3 is 1.41 bits per heavy atom. The minimum Gasteiger partial charge on any atom is -0.321 e. The Balaban J connectivity index is 1.65. The summed E-state index contributed by atoms with van der Waals surface area (Å²) < 4.78 is 0. The van der Waals surface area contributed by atoms with Crippen LogP contribution in [-0.4, -0.2) is 36.5 Å². The van der Waals surface area contributed by atoms with Gasteiger partial charge >= 0.3 is 0 Å². The summed E-state index contributed by atoms with van der Waals surface area (Å²) >= 11 is 0. The molecule has 7 heteroatoms. The first-order valence-corrected chi connectivity index (χ1v) is 11.0. The van der Waals surface area contributed by atoms with Crippen molar-refractivity contribution in [1.82, 2.24) is 0 Å². The molecule has 3 N–H and O–H groups in total. The summed E-state index contributed by atoms with van der Waals surface area (Å²) in [4.78, 5) is 49.1. The van der Waals surface area contributed by atoms with Crippen molar-refractivity contribution < 1.29 is 24.1 Å². The number of benzene rings is 3. The number of carbonyl (C=O) groups excluding carboxylic acids is 4. The topological polar surface area (TPSA) is 96.8 Å². The summed E-state index contributed by atoms with van der Waals surface area (Å²) in [6, 6.07) is 23.0. The van der Waals surface area contributed by atoms with Gasteiger partial charge in [-0.3, -0.25) is 19.2 Å². The molecule has 3 rings (SSSR count). The minimum absolute atomic E-state index is 0.0432. The molecule has 0 spiro atoms. The molecule has 3 aromatic carbocycles. The molecule has 7 nitrogen and oxygen atoms in total. The molecule has 0 atom stereocenters. The molecule has 0 fully saturated rings. The summed E-state index contributed by atoms with van der Waals surface area (Å²) in [6.45, 7) is 3.64. The van der Waals surface area contributed by atoms with Gasteiger partial charge < -0.3 is 15.5 Å². The van der Waals surface area contributed by atoms with E-state index in [4.69, 9.17) is 0 Å². The van der Waals surface area contributed by atoms with Crippen molar-refractivity contribution in [3.8, 4) is 0 Å². The molecule has 0 aliphatic heterocycles. The van der Waals surface area contributed by atoms with Gasteiger partial charge in [-0.1, -0.05) is 30.3 Å². The van der Waals surface area contributed by atoms with Gasteiger partial charge in [0.2, 0.25) is 0 Å². The van der Waals surface area contributed by atoms with Gasteiger partial charge in [0.1, 0.15) is 6.54 Å². The van der Waals surface area contributed by atoms with Crippen molar-refractivity contribution in [2.45, 2.75) is 20.4 Å². The van der Waals surface area contributed by atoms with E-state index in [1.165, 1.54) is 13.8 Å². The zero-order valence-corrected chi connectivity index (χ0v) is 19.3. The van der Waals surface area contributed by atoms with E-state index in [0.29, 0.717) is 29.0 Å².